The van der Waals surface area contributed by atoms with E-state index in [0.29, 0.717) is 42.9 Å². The molecule has 4 aliphatic carbocycles. The van der Waals surface area contributed by atoms with Crippen LogP contribution in [0.4, 0.5) is 0 Å². The summed E-state index contributed by atoms with van der Waals surface area (Å²) < 4.78 is 6.08. The Balaban J connectivity index is 1.69. The monoisotopic (exact) mass is 476 g/mol. The lowest BCUT2D eigenvalue weighted by Gasteiger charge is -2.66. The zero-order chi connectivity index (χ0) is 25.1. The fourth-order valence-electron chi connectivity index (χ4n) is 9.27. The van der Waals surface area contributed by atoms with Crippen LogP contribution in [0.2, 0.25) is 0 Å². The van der Waals surface area contributed by atoms with Crippen molar-refractivity contribution in [2.45, 2.75) is 117 Å². The summed E-state index contributed by atoms with van der Waals surface area (Å²) in [6.07, 6.45) is 9.15. The van der Waals surface area contributed by atoms with Gasteiger partial charge >= 0.3 is 5.97 Å². The third-order valence-corrected chi connectivity index (χ3v) is 10.8. The third-order valence-electron chi connectivity index (χ3n) is 10.8. The molecule has 0 radical (unpaired) electrons. The molecule has 34 heavy (non-hydrogen) atoms. The first kappa shape index (κ1) is 26.2. The van der Waals surface area contributed by atoms with Gasteiger partial charge in [-0.15, -0.1) is 0 Å². The zero-order valence-electron chi connectivity index (χ0n) is 22.2. The second-order valence-corrected chi connectivity index (χ2v) is 13.2. The van der Waals surface area contributed by atoms with Crippen LogP contribution in [0.15, 0.2) is 12.2 Å². The van der Waals surface area contributed by atoms with Gasteiger partial charge < -0.3 is 20.1 Å². The van der Waals surface area contributed by atoms with Crippen LogP contribution >= 0.6 is 0 Å². The fraction of sp³-hybridized carbons (Fsp3) is 0.897. The van der Waals surface area contributed by atoms with Crippen LogP contribution in [0.5, 0.6) is 0 Å². The zero-order valence-corrected chi connectivity index (χ0v) is 22.2. The molecule has 4 rings (SSSR count). The summed E-state index contributed by atoms with van der Waals surface area (Å²) in [5, 5.41) is 33.5. The Kier molecular flexibility index (Phi) is 7.07. The van der Waals surface area contributed by atoms with E-state index < -0.39 is 23.2 Å². The summed E-state index contributed by atoms with van der Waals surface area (Å²) in [5.41, 5.74) is -1.90. The molecule has 0 aromatic rings. The quantitative estimate of drug-likeness (QED) is 0.389. The Morgan fingerprint density at radius 2 is 1.82 bits per heavy atom. The Hall–Kier alpha value is -0.910. The van der Waals surface area contributed by atoms with Crippen molar-refractivity contribution < 1.29 is 24.9 Å². The van der Waals surface area contributed by atoms with Gasteiger partial charge in [-0.2, -0.15) is 0 Å². The van der Waals surface area contributed by atoms with Crippen molar-refractivity contribution in [1.29, 1.82) is 0 Å². The minimum absolute atomic E-state index is 0.000846. The molecule has 4 fully saturated rings. The molecule has 0 aromatic heterocycles. The van der Waals surface area contributed by atoms with Gasteiger partial charge in [0.05, 0.1) is 17.8 Å². The number of carbonyl (C=O) groups excluding carboxylic acids is 1. The number of esters is 1. The molecule has 3 N–H and O–H groups in total. The van der Waals surface area contributed by atoms with E-state index in [4.69, 9.17) is 4.74 Å². The van der Waals surface area contributed by atoms with Gasteiger partial charge in [0.1, 0.15) is 6.10 Å². The van der Waals surface area contributed by atoms with Crippen LogP contribution in [0.3, 0.4) is 0 Å². The lowest BCUT2D eigenvalue weighted by atomic mass is 9.41. The van der Waals surface area contributed by atoms with Crippen LogP contribution in [0.25, 0.3) is 0 Å². The highest BCUT2D eigenvalue weighted by atomic mass is 16.5. The van der Waals surface area contributed by atoms with Crippen molar-refractivity contribution in [3.63, 3.8) is 0 Å². The van der Waals surface area contributed by atoms with Crippen LogP contribution in [-0.2, 0) is 9.53 Å². The summed E-state index contributed by atoms with van der Waals surface area (Å²) in [4.78, 5) is 12.3. The van der Waals surface area contributed by atoms with Crippen LogP contribution in [0, 0.1) is 46.3 Å². The van der Waals surface area contributed by atoms with E-state index in [1.54, 1.807) is 0 Å². The number of aliphatic hydroxyl groups is 3. The average Bonchev–Trinajstić information content (AvgIpc) is 3.06. The highest BCUT2D eigenvalue weighted by Gasteiger charge is 2.70. The molecule has 4 saturated carbocycles. The molecule has 0 heterocycles. The molecule has 5 heteroatoms. The number of fused-ring (bicyclic) bond motifs is 5. The molecule has 11 atom stereocenters. The highest BCUT2D eigenvalue weighted by Crippen LogP contribution is 2.69. The maximum Gasteiger partial charge on any atom is 0.302 e. The molecule has 0 aromatic carbocycles. The maximum atomic E-state index is 12.3. The number of allylic oxidation sites excluding steroid dienone is 2. The van der Waals surface area contributed by atoms with E-state index in [-0.39, 0.29) is 35.7 Å². The summed E-state index contributed by atoms with van der Waals surface area (Å²) in [5.74, 6) is 2.00. The highest BCUT2D eigenvalue weighted by molar-refractivity contribution is 5.66. The molecule has 0 amide bonds. The second-order valence-electron chi connectivity index (χ2n) is 13.2. The first-order valence-electron chi connectivity index (χ1n) is 13.8. The van der Waals surface area contributed by atoms with E-state index in [1.807, 2.05) is 0 Å². The largest absolute Gasteiger partial charge is 0.462 e. The molecule has 194 valence electrons. The van der Waals surface area contributed by atoms with E-state index in [2.05, 4.69) is 46.8 Å². The fourth-order valence-corrected chi connectivity index (χ4v) is 9.27. The van der Waals surface area contributed by atoms with Gasteiger partial charge in [0.25, 0.3) is 0 Å². The number of aliphatic hydroxyl groups excluding tert-OH is 2. The predicted molar refractivity (Wildman–Crippen MR) is 133 cm³/mol. The molecular formula is C29H48O5. The Labute approximate surface area is 206 Å². The maximum absolute atomic E-state index is 12.3. The molecule has 0 bridgehead atoms. The van der Waals surface area contributed by atoms with Gasteiger partial charge in [-0.05, 0) is 80.0 Å². The van der Waals surface area contributed by atoms with E-state index in [9.17, 15) is 20.1 Å². The Morgan fingerprint density at radius 1 is 1.12 bits per heavy atom. The molecule has 5 nitrogen and oxygen atoms in total. The SMILES string of the molecule is CC(=O)O[C@@H]1C[C@@]2(C)C(CC[C@@H]2[C@H](C)/C=C/CC(C)C)C2C[C@@H](O)[C@@]3(O)C[C@@H](O)CC[C@]3(C)C21. The van der Waals surface area contributed by atoms with E-state index >= 15 is 0 Å². The van der Waals surface area contributed by atoms with E-state index in [1.165, 1.54) is 6.92 Å². The normalized spacial score (nSPS) is 49.4. The molecule has 0 saturated heterocycles. The molecule has 0 spiro atoms. The number of carbonyl (C=O) groups is 1. The van der Waals surface area contributed by atoms with Gasteiger partial charge in [-0.25, -0.2) is 0 Å². The van der Waals surface area contributed by atoms with Gasteiger partial charge in [-0.3, -0.25) is 4.79 Å². The summed E-state index contributed by atoms with van der Waals surface area (Å²) in [6.45, 7) is 12.8. The number of rotatable bonds is 5. The lowest BCUT2D eigenvalue weighted by molar-refractivity contribution is -0.284. The first-order valence-corrected chi connectivity index (χ1v) is 13.8. The topological polar surface area (TPSA) is 87.0 Å². The van der Waals surface area contributed by atoms with Crippen LogP contribution < -0.4 is 0 Å². The van der Waals surface area contributed by atoms with Gasteiger partial charge in [0.15, 0.2) is 0 Å². The molecule has 0 aliphatic heterocycles. The Bertz CT molecular complexity index is 793. The van der Waals surface area contributed by atoms with Gasteiger partial charge in [0, 0.05) is 24.7 Å². The van der Waals surface area contributed by atoms with Crippen molar-refractivity contribution in [1.82, 2.24) is 0 Å². The van der Waals surface area contributed by atoms with Crippen molar-refractivity contribution in [2.75, 3.05) is 0 Å². The van der Waals surface area contributed by atoms with Crippen LogP contribution in [-0.4, -0.2) is 45.2 Å². The average molecular weight is 477 g/mol. The van der Waals surface area contributed by atoms with Crippen molar-refractivity contribution in [3.05, 3.63) is 12.2 Å². The lowest BCUT2D eigenvalue weighted by Crippen LogP contribution is -2.71. The molecule has 3 unspecified atom stereocenters. The van der Waals surface area contributed by atoms with E-state index in [0.717, 1.165) is 25.7 Å². The summed E-state index contributed by atoms with van der Waals surface area (Å²) >= 11 is 0. The molecule has 4 aliphatic rings. The minimum atomic E-state index is -1.34. The van der Waals surface area contributed by atoms with Gasteiger partial charge in [0.2, 0.25) is 0 Å². The third kappa shape index (κ3) is 4.08. The van der Waals surface area contributed by atoms with Crippen molar-refractivity contribution >= 4 is 5.97 Å². The predicted octanol–water partition coefficient (Wildman–Crippen LogP) is 4.87. The van der Waals surface area contributed by atoms with Crippen LogP contribution in [0.1, 0.15) is 92.9 Å². The first-order chi connectivity index (χ1) is 15.8. The van der Waals surface area contributed by atoms with Crippen molar-refractivity contribution in [3.8, 4) is 0 Å². The standard InChI is InChI=1S/C29H48O5/c1-17(2)8-7-9-18(3)22-10-11-23-21-14-25(32)29(33)15-20(31)12-13-28(29,6)26(21)24(34-19(4)30)16-27(22,23)5/h7,9,17-18,20-26,31-33H,8,10-16H2,1-6H3/b9-7+/t18-,20+,21?,22-,23?,24-,25-,26?,27-,28-,29+/m1/s1. The number of hydrogen-bond acceptors (Lipinski definition) is 5. The molecular weight excluding hydrogens is 428 g/mol. The minimum Gasteiger partial charge on any atom is -0.462 e. The Morgan fingerprint density at radius 3 is 2.47 bits per heavy atom. The number of hydrogen-bond donors (Lipinski definition) is 3. The van der Waals surface area contributed by atoms with Gasteiger partial charge in [-0.1, -0.05) is 46.8 Å². The number of ether oxygens (including phenoxy) is 1. The summed E-state index contributed by atoms with van der Waals surface area (Å²) in [7, 11) is 0. The van der Waals surface area contributed by atoms with Crippen molar-refractivity contribution in [2.24, 2.45) is 46.3 Å². The summed E-state index contributed by atoms with van der Waals surface area (Å²) in [6, 6.07) is 0. The second kappa shape index (κ2) is 9.19. The smallest absolute Gasteiger partial charge is 0.302 e.